The van der Waals surface area contributed by atoms with Crippen molar-refractivity contribution in [3.05, 3.63) is 29.6 Å². The van der Waals surface area contributed by atoms with Crippen LogP contribution in [0.1, 0.15) is 23.2 Å². The lowest BCUT2D eigenvalue weighted by atomic mass is 10.1. The number of halogens is 1. The number of nitrogens with zero attached hydrogens (tertiary/aromatic N) is 1. The highest BCUT2D eigenvalue weighted by Crippen LogP contribution is 2.18. The first-order valence-corrected chi connectivity index (χ1v) is 6.87. The number of anilines is 1. The second-order valence-corrected chi connectivity index (χ2v) is 4.90. The van der Waals surface area contributed by atoms with Crippen molar-refractivity contribution < 1.29 is 19.1 Å². The predicted octanol–water partition coefficient (Wildman–Crippen LogP) is 1.74. The van der Waals surface area contributed by atoms with Crippen LogP contribution >= 0.6 is 0 Å². The Balaban J connectivity index is 1.87. The van der Waals surface area contributed by atoms with Crippen LogP contribution in [0.2, 0.25) is 0 Å². The molecule has 114 valence electrons. The van der Waals surface area contributed by atoms with Crippen molar-refractivity contribution in [2.75, 3.05) is 31.5 Å². The van der Waals surface area contributed by atoms with Crippen molar-refractivity contribution in [1.29, 1.82) is 0 Å². The molecule has 0 bridgehead atoms. The van der Waals surface area contributed by atoms with E-state index in [1.54, 1.807) is 0 Å². The largest absolute Gasteiger partial charge is 0.478 e. The van der Waals surface area contributed by atoms with E-state index < -0.39 is 23.4 Å². The summed E-state index contributed by atoms with van der Waals surface area (Å²) in [4.78, 5) is 25.0. The maximum absolute atomic E-state index is 13.4. The van der Waals surface area contributed by atoms with Crippen LogP contribution in [-0.4, -0.2) is 48.2 Å². The Morgan fingerprint density at radius 2 is 2.00 bits per heavy atom. The van der Waals surface area contributed by atoms with Crippen molar-refractivity contribution in [1.82, 2.24) is 10.2 Å². The zero-order chi connectivity index (χ0) is 15.2. The molecule has 21 heavy (non-hydrogen) atoms. The van der Waals surface area contributed by atoms with Crippen molar-refractivity contribution in [3.63, 3.8) is 0 Å². The molecule has 1 fully saturated rings. The average Bonchev–Trinajstić information content (AvgIpc) is 2.91. The molecule has 2 amide bonds. The molecule has 0 spiro atoms. The van der Waals surface area contributed by atoms with E-state index >= 15 is 0 Å². The number of hydrogen-bond donors (Lipinski definition) is 3. The summed E-state index contributed by atoms with van der Waals surface area (Å²) in [6.07, 6.45) is 2.36. The Morgan fingerprint density at radius 1 is 1.29 bits per heavy atom. The quantitative estimate of drug-likeness (QED) is 0.773. The van der Waals surface area contributed by atoms with Gasteiger partial charge in [-0.2, -0.15) is 0 Å². The average molecular weight is 295 g/mol. The van der Waals surface area contributed by atoms with Crippen LogP contribution < -0.4 is 10.6 Å². The molecule has 2 rings (SSSR count). The molecule has 1 saturated heterocycles. The smallest absolute Gasteiger partial charge is 0.340 e. The lowest BCUT2D eigenvalue weighted by Crippen LogP contribution is -2.36. The number of hydrogen-bond acceptors (Lipinski definition) is 3. The molecule has 0 unspecified atom stereocenters. The first-order chi connectivity index (χ1) is 10.1. The maximum atomic E-state index is 13.4. The third-order valence-corrected chi connectivity index (χ3v) is 3.39. The van der Waals surface area contributed by atoms with E-state index in [2.05, 4.69) is 15.5 Å². The van der Waals surface area contributed by atoms with Crippen molar-refractivity contribution in [3.8, 4) is 0 Å². The van der Waals surface area contributed by atoms with Crippen LogP contribution in [0.5, 0.6) is 0 Å². The summed E-state index contributed by atoms with van der Waals surface area (Å²) in [6, 6.07) is 3.20. The number of urea groups is 1. The summed E-state index contributed by atoms with van der Waals surface area (Å²) in [7, 11) is 0. The molecule has 0 saturated carbocycles. The van der Waals surface area contributed by atoms with Gasteiger partial charge in [0.15, 0.2) is 0 Å². The van der Waals surface area contributed by atoms with E-state index in [0.717, 1.165) is 25.7 Å². The number of benzene rings is 1. The van der Waals surface area contributed by atoms with Crippen molar-refractivity contribution in [2.24, 2.45) is 0 Å². The van der Waals surface area contributed by atoms with E-state index in [0.29, 0.717) is 6.54 Å². The Labute approximate surface area is 121 Å². The monoisotopic (exact) mass is 295 g/mol. The number of amides is 2. The Hall–Kier alpha value is -2.15. The fourth-order valence-corrected chi connectivity index (χ4v) is 2.35. The van der Waals surface area contributed by atoms with Gasteiger partial charge in [0.25, 0.3) is 0 Å². The van der Waals surface area contributed by atoms with E-state index in [4.69, 9.17) is 5.11 Å². The first-order valence-electron chi connectivity index (χ1n) is 6.87. The van der Waals surface area contributed by atoms with Crippen LogP contribution in [0.4, 0.5) is 14.9 Å². The van der Waals surface area contributed by atoms with Gasteiger partial charge in [-0.1, -0.05) is 6.07 Å². The molecule has 0 aliphatic carbocycles. The van der Waals surface area contributed by atoms with Crippen LogP contribution in [0, 0.1) is 5.82 Å². The highest BCUT2D eigenvalue weighted by molar-refractivity contribution is 6.00. The molecule has 6 nitrogen and oxygen atoms in total. The molecule has 1 aliphatic rings. The fourth-order valence-electron chi connectivity index (χ4n) is 2.35. The second-order valence-electron chi connectivity index (χ2n) is 4.90. The van der Waals surface area contributed by atoms with E-state index in [1.807, 2.05) is 0 Å². The Bertz CT molecular complexity index is 530. The fraction of sp³-hybridized carbons (Fsp3) is 0.429. The lowest BCUT2D eigenvalue weighted by Gasteiger charge is -2.15. The van der Waals surface area contributed by atoms with E-state index in [-0.39, 0.29) is 5.69 Å². The molecule has 3 N–H and O–H groups in total. The summed E-state index contributed by atoms with van der Waals surface area (Å²) < 4.78 is 13.4. The number of carbonyl (C=O) groups is 2. The standard InChI is InChI=1S/C14H18FN3O3/c15-10-4-3-5-11(12(10)13(19)20)17-14(21)16-6-9-18-7-1-2-8-18/h3-5H,1-2,6-9H2,(H,19,20)(H2,16,17,21). The number of likely N-dealkylation sites (tertiary alicyclic amines) is 1. The summed E-state index contributed by atoms with van der Waals surface area (Å²) in [5.74, 6) is -2.29. The van der Waals surface area contributed by atoms with Crippen molar-refractivity contribution >= 4 is 17.7 Å². The second kappa shape index (κ2) is 7.03. The minimum atomic E-state index is -1.42. The zero-order valence-electron chi connectivity index (χ0n) is 11.6. The molecule has 1 heterocycles. The van der Waals surface area contributed by atoms with Gasteiger partial charge in [-0.15, -0.1) is 0 Å². The molecule has 1 aliphatic heterocycles. The van der Waals surface area contributed by atoms with E-state index in [9.17, 15) is 14.0 Å². The number of aromatic carboxylic acids is 1. The van der Waals surface area contributed by atoms with Gasteiger partial charge in [-0.05, 0) is 38.1 Å². The third kappa shape index (κ3) is 4.16. The number of carboxylic acids is 1. The molecule has 0 aromatic heterocycles. The number of carbonyl (C=O) groups excluding carboxylic acids is 1. The minimum Gasteiger partial charge on any atom is -0.478 e. The molecular weight excluding hydrogens is 277 g/mol. The topological polar surface area (TPSA) is 81.7 Å². The van der Waals surface area contributed by atoms with Crippen LogP contribution in [0.25, 0.3) is 0 Å². The van der Waals surface area contributed by atoms with Crippen LogP contribution in [-0.2, 0) is 0 Å². The molecule has 0 radical (unpaired) electrons. The SMILES string of the molecule is O=C(NCCN1CCCC1)Nc1cccc(F)c1C(=O)O. The first kappa shape index (κ1) is 15.2. The predicted molar refractivity (Wildman–Crippen MR) is 76.1 cm³/mol. The highest BCUT2D eigenvalue weighted by atomic mass is 19.1. The Morgan fingerprint density at radius 3 is 2.67 bits per heavy atom. The maximum Gasteiger partial charge on any atom is 0.340 e. The van der Waals surface area contributed by atoms with Crippen molar-refractivity contribution in [2.45, 2.75) is 12.8 Å². The van der Waals surface area contributed by atoms with Crippen LogP contribution in [0.3, 0.4) is 0 Å². The summed E-state index contributed by atoms with van der Waals surface area (Å²) >= 11 is 0. The van der Waals surface area contributed by atoms with Gasteiger partial charge in [0.1, 0.15) is 11.4 Å². The van der Waals surface area contributed by atoms with Gasteiger partial charge in [0.2, 0.25) is 0 Å². The molecule has 1 aromatic rings. The summed E-state index contributed by atoms with van der Waals surface area (Å²) in [5.41, 5.74) is -0.589. The van der Waals surface area contributed by atoms with Gasteiger partial charge in [0, 0.05) is 13.1 Å². The molecule has 0 atom stereocenters. The van der Waals surface area contributed by atoms with Crippen LogP contribution in [0.15, 0.2) is 18.2 Å². The minimum absolute atomic E-state index is 0.0545. The third-order valence-electron chi connectivity index (χ3n) is 3.39. The van der Waals surface area contributed by atoms with Gasteiger partial charge in [-0.3, -0.25) is 0 Å². The van der Waals surface area contributed by atoms with E-state index in [1.165, 1.54) is 25.0 Å². The van der Waals surface area contributed by atoms with Gasteiger partial charge in [0.05, 0.1) is 5.69 Å². The number of nitrogens with one attached hydrogen (secondary N) is 2. The molecule has 7 heteroatoms. The number of rotatable bonds is 5. The summed E-state index contributed by atoms with van der Waals surface area (Å²) in [6.45, 7) is 3.29. The lowest BCUT2D eigenvalue weighted by molar-refractivity contribution is 0.0693. The van der Waals surface area contributed by atoms with Gasteiger partial charge in [-0.25, -0.2) is 14.0 Å². The zero-order valence-corrected chi connectivity index (χ0v) is 11.6. The molecular formula is C14H18FN3O3. The molecule has 1 aromatic carbocycles. The normalized spacial score (nSPS) is 14.9. The number of carboxylic acid groups (broad SMARTS) is 1. The van der Waals surface area contributed by atoms with Gasteiger partial charge < -0.3 is 20.6 Å². The Kier molecular flexibility index (Phi) is 5.10. The highest BCUT2D eigenvalue weighted by Gasteiger charge is 2.17. The van der Waals surface area contributed by atoms with Gasteiger partial charge >= 0.3 is 12.0 Å². The summed E-state index contributed by atoms with van der Waals surface area (Å²) in [5, 5.41) is 14.0.